The van der Waals surface area contributed by atoms with Crippen molar-refractivity contribution in [1.29, 1.82) is 0 Å². The van der Waals surface area contributed by atoms with E-state index in [0.717, 1.165) is 25.7 Å². The number of hydrogen-bond donors (Lipinski definition) is 3. The molecule has 1 aliphatic heterocycles. The summed E-state index contributed by atoms with van der Waals surface area (Å²) >= 11 is 0. The van der Waals surface area contributed by atoms with Crippen molar-refractivity contribution in [2.24, 2.45) is 5.92 Å². The lowest BCUT2D eigenvalue weighted by Crippen LogP contribution is -2.29. The van der Waals surface area contributed by atoms with Gasteiger partial charge in [-0.05, 0) is 12.6 Å². The Morgan fingerprint density at radius 2 is 2.24 bits per heavy atom. The summed E-state index contributed by atoms with van der Waals surface area (Å²) in [6, 6.07) is 3.62. The predicted molar refractivity (Wildman–Crippen MR) is 62.3 cm³/mol. The number of halogens is 2. The maximum absolute atomic E-state index is 13.7. The number of nitrogens with one attached hydrogen (secondary N) is 3. The molecule has 0 bridgehead atoms. The van der Waals surface area contributed by atoms with Gasteiger partial charge < -0.3 is 5.32 Å². The highest BCUT2D eigenvalue weighted by Crippen LogP contribution is 2.26. The fraction of sp³-hybridized carbons (Fsp3) is 0.500. The first kappa shape index (κ1) is 12.4. The van der Waals surface area contributed by atoms with E-state index in [9.17, 15) is 8.78 Å². The van der Waals surface area contributed by atoms with Crippen molar-refractivity contribution in [2.45, 2.75) is 13.0 Å². The van der Waals surface area contributed by atoms with Gasteiger partial charge in [-0.15, -0.1) is 0 Å². The monoisotopic (exact) mass is 241 g/mol. The van der Waals surface area contributed by atoms with E-state index < -0.39 is 11.6 Å². The Morgan fingerprint density at radius 3 is 2.94 bits per heavy atom. The van der Waals surface area contributed by atoms with E-state index >= 15 is 0 Å². The first-order chi connectivity index (χ1) is 8.22. The molecule has 3 nitrogen and oxygen atoms in total. The molecule has 1 aromatic carbocycles. The van der Waals surface area contributed by atoms with E-state index in [4.69, 9.17) is 0 Å². The molecule has 2 atom stereocenters. The molecule has 0 radical (unpaired) electrons. The second-order valence-corrected chi connectivity index (χ2v) is 4.24. The van der Waals surface area contributed by atoms with Crippen LogP contribution in [0, 0.1) is 17.6 Å². The summed E-state index contributed by atoms with van der Waals surface area (Å²) in [6.45, 7) is 4.49. The molecule has 2 rings (SSSR count). The topological polar surface area (TPSA) is 36.1 Å². The fourth-order valence-corrected chi connectivity index (χ4v) is 2.14. The fourth-order valence-electron chi connectivity index (χ4n) is 2.14. The predicted octanol–water partition coefficient (Wildman–Crippen LogP) is 1.34. The number of hydrazine groups is 1. The molecule has 3 N–H and O–H groups in total. The van der Waals surface area contributed by atoms with Crippen LogP contribution >= 0.6 is 0 Å². The Kier molecular flexibility index (Phi) is 4.04. The molecular formula is C12H17F2N3. The van der Waals surface area contributed by atoms with Gasteiger partial charge in [-0.3, -0.25) is 5.43 Å². The average molecular weight is 241 g/mol. The summed E-state index contributed by atoms with van der Waals surface area (Å²) in [4.78, 5) is 0. The molecule has 0 saturated carbocycles. The van der Waals surface area contributed by atoms with Gasteiger partial charge in [0.25, 0.3) is 0 Å². The Morgan fingerprint density at radius 1 is 1.41 bits per heavy atom. The van der Waals surface area contributed by atoms with Crippen molar-refractivity contribution in [1.82, 2.24) is 16.2 Å². The molecule has 17 heavy (non-hydrogen) atoms. The molecule has 0 aromatic heterocycles. The maximum atomic E-state index is 13.7. The van der Waals surface area contributed by atoms with Crippen LogP contribution in [0.1, 0.15) is 18.5 Å². The largest absolute Gasteiger partial charge is 0.317 e. The molecule has 0 amide bonds. The molecule has 1 heterocycles. The molecule has 1 saturated heterocycles. The van der Waals surface area contributed by atoms with Gasteiger partial charge in [-0.1, -0.05) is 13.0 Å². The molecular weight excluding hydrogens is 224 g/mol. The zero-order valence-corrected chi connectivity index (χ0v) is 9.76. The second kappa shape index (κ2) is 5.53. The maximum Gasteiger partial charge on any atom is 0.130 e. The SMILES string of the molecule is CCNCC1CNNC1c1ccc(F)cc1F. The minimum Gasteiger partial charge on any atom is -0.317 e. The van der Waals surface area contributed by atoms with Gasteiger partial charge in [0.05, 0.1) is 6.04 Å². The smallest absolute Gasteiger partial charge is 0.130 e. The Hall–Kier alpha value is -1.04. The molecule has 0 spiro atoms. The van der Waals surface area contributed by atoms with Crippen molar-refractivity contribution >= 4 is 0 Å². The van der Waals surface area contributed by atoms with Gasteiger partial charge in [0.2, 0.25) is 0 Å². The Balaban J connectivity index is 2.14. The molecule has 0 aliphatic carbocycles. The van der Waals surface area contributed by atoms with Crippen LogP contribution in [0.5, 0.6) is 0 Å². The second-order valence-electron chi connectivity index (χ2n) is 4.24. The molecule has 2 unspecified atom stereocenters. The van der Waals surface area contributed by atoms with Gasteiger partial charge in [-0.2, -0.15) is 0 Å². The summed E-state index contributed by atoms with van der Waals surface area (Å²) < 4.78 is 26.5. The summed E-state index contributed by atoms with van der Waals surface area (Å²) in [7, 11) is 0. The summed E-state index contributed by atoms with van der Waals surface area (Å²) in [5, 5.41) is 3.24. The molecule has 5 heteroatoms. The molecule has 94 valence electrons. The van der Waals surface area contributed by atoms with Gasteiger partial charge in [0.1, 0.15) is 11.6 Å². The van der Waals surface area contributed by atoms with Crippen molar-refractivity contribution in [3.8, 4) is 0 Å². The third kappa shape index (κ3) is 2.80. The first-order valence-electron chi connectivity index (χ1n) is 5.86. The van der Waals surface area contributed by atoms with Crippen molar-refractivity contribution in [2.75, 3.05) is 19.6 Å². The highest BCUT2D eigenvalue weighted by atomic mass is 19.1. The third-order valence-corrected chi connectivity index (χ3v) is 3.05. The Bertz CT molecular complexity index is 384. The van der Waals surface area contributed by atoms with Gasteiger partial charge in [0, 0.05) is 30.6 Å². The van der Waals surface area contributed by atoms with Crippen LogP contribution in [0.3, 0.4) is 0 Å². The van der Waals surface area contributed by atoms with Crippen LogP contribution in [-0.4, -0.2) is 19.6 Å². The molecule has 1 aromatic rings. The lowest BCUT2D eigenvalue weighted by Gasteiger charge is -2.19. The van der Waals surface area contributed by atoms with E-state index in [0.29, 0.717) is 5.56 Å². The standard InChI is InChI=1S/C12H17F2N3/c1-2-15-6-8-7-16-17-12(8)10-4-3-9(13)5-11(10)14/h3-5,8,12,15-17H,2,6-7H2,1H3. The lowest BCUT2D eigenvalue weighted by molar-refractivity contribution is 0.429. The Labute approximate surface area is 99.6 Å². The zero-order valence-electron chi connectivity index (χ0n) is 9.76. The van der Waals surface area contributed by atoms with E-state index in [-0.39, 0.29) is 12.0 Å². The zero-order chi connectivity index (χ0) is 12.3. The van der Waals surface area contributed by atoms with E-state index in [2.05, 4.69) is 16.2 Å². The van der Waals surface area contributed by atoms with Crippen LogP contribution in [0.15, 0.2) is 18.2 Å². The van der Waals surface area contributed by atoms with Crippen LogP contribution in [-0.2, 0) is 0 Å². The van der Waals surface area contributed by atoms with Gasteiger partial charge >= 0.3 is 0 Å². The average Bonchev–Trinajstić information content (AvgIpc) is 2.74. The summed E-state index contributed by atoms with van der Waals surface area (Å²) in [6.07, 6.45) is 0. The summed E-state index contributed by atoms with van der Waals surface area (Å²) in [5.74, 6) is -0.775. The minimum absolute atomic E-state index is 0.116. The van der Waals surface area contributed by atoms with Crippen molar-refractivity contribution in [3.63, 3.8) is 0 Å². The summed E-state index contributed by atoms with van der Waals surface area (Å²) in [5.41, 5.74) is 6.57. The van der Waals surface area contributed by atoms with Crippen LogP contribution in [0.4, 0.5) is 8.78 Å². The minimum atomic E-state index is -0.541. The normalized spacial score (nSPS) is 24.2. The lowest BCUT2D eigenvalue weighted by atomic mass is 9.94. The quantitative estimate of drug-likeness (QED) is 0.744. The number of rotatable bonds is 4. The number of hydrogen-bond acceptors (Lipinski definition) is 3. The van der Waals surface area contributed by atoms with Crippen LogP contribution in [0.2, 0.25) is 0 Å². The van der Waals surface area contributed by atoms with Crippen molar-refractivity contribution in [3.05, 3.63) is 35.4 Å². The van der Waals surface area contributed by atoms with E-state index in [1.165, 1.54) is 12.1 Å². The van der Waals surface area contributed by atoms with Crippen LogP contribution < -0.4 is 16.2 Å². The van der Waals surface area contributed by atoms with Gasteiger partial charge in [-0.25, -0.2) is 14.2 Å². The van der Waals surface area contributed by atoms with E-state index in [1.807, 2.05) is 6.92 Å². The van der Waals surface area contributed by atoms with E-state index in [1.54, 1.807) is 0 Å². The highest BCUT2D eigenvalue weighted by Gasteiger charge is 2.29. The highest BCUT2D eigenvalue weighted by molar-refractivity contribution is 5.23. The number of benzene rings is 1. The van der Waals surface area contributed by atoms with Crippen LogP contribution in [0.25, 0.3) is 0 Å². The van der Waals surface area contributed by atoms with Gasteiger partial charge in [0.15, 0.2) is 0 Å². The van der Waals surface area contributed by atoms with Crippen molar-refractivity contribution < 1.29 is 8.78 Å². The molecule has 1 aliphatic rings. The third-order valence-electron chi connectivity index (χ3n) is 3.05. The first-order valence-corrected chi connectivity index (χ1v) is 5.86. The molecule has 1 fully saturated rings.